The van der Waals surface area contributed by atoms with Crippen LogP contribution in [0.3, 0.4) is 0 Å². The van der Waals surface area contributed by atoms with Crippen molar-refractivity contribution in [3.63, 3.8) is 0 Å². The van der Waals surface area contributed by atoms with Gasteiger partial charge in [-0.1, -0.05) is 6.58 Å². The summed E-state index contributed by atoms with van der Waals surface area (Å²) in [6, 6.07) is 0. The molecule has 0 unspecified atom stereocenters. The van der Waals surface area contributed by atoms with Crippen LogP contribution in [0.1, 0.15) is 19.8 Å². The lowest BCUT2D eigenvalue weighted by Crippen LogP contribution is -2.24. The number of carboxylic acids is 1. The van der Waals surface area contributed by atoms with E-state index in [0.717, 1.165) is 0 Å². The first-order valence-electron chi connectivity index (χ1n) is 3.65. The van der Waals surface area contributed by atoms with Crippen LogP contribution in [-0.2, 0) is 14.4 Å². The highest BCUT2D eigenvalue weighted by molar-refractivity contribution is 5.98. The molecule has 0 saturated carbocycles. The molecule has 72 valence electrons. The van der Waals surface area contributed by atoms with Gasteiger partial charge in [-0.25, -0.2) is 0 Å². The molecule has 0 aliphatic carbocycles. The van der Waals surface area contributed by atoms with Crippen LogP contribution in [0.5, 0.6) is 0 Å². The first-order chi connectivity index (χ1) is 5.93. The van der Waals surface area contributed by atoms with Crippen LogP contribution in [0.25, 0.3) is 0 Å². The van der Waals surface area contributed by atoms with E-state index in [1.807, 2.05) is 0 Å². The second-order valence-corrected chi connectivity index (χ2v) is 2.48. The van der Waals surface area contributed by atoms with Crippen molar-refractivity contribution in [2.75, 3.05) is 0 Å². The SMILES string of the molecule is C=C(NC(C)=O)C(=O)CCC(=O)O. The number of Topliss-reactive ketones (excluding diaryl/α,β-unsaturated/α-hetero) is 1. The van der Waals surface area contributed by atoms with Crippen LogP contribution < -0.4 is 5.32 Å². The fraction of sp³-hybridized carbons (Fsp3) is 0.375. The molecule has 0 aromatic heterocycles. The third-order valence-corrected chi connectivity index (χ3v) is 1.23. The topological polar surface area (TPSA) is 83.5 Å². The van der Waals surface area contributed by atoms with Gasteiger partial charge >= 0.3 is 5.97 Å². The van der Waals surface area contributed by atoms with E-state index in [0.29, 0.717) is 0 Å². The summed E-state index contributed by atoms with van der Waals surface area (Å²) in [4.78, 5) is 31.5. The largest absolute Gasteiger partial charge is 0.481 e. The van der Waals surface area contributed by atoms with Crippen molar-refractivity contribution >= 4 is 17.7 Å². The van der Waals surface area contributed by atoms with E-state index in [9.17, 15) is 14.4 Å². The van der Waals surface area contributed by atoms with Crippen LogP contribution >= 0.6 is 0 Å². The number of carbonyl (C=O) groups is 3. The molecule has 0 atom stereocenters. The minimum absolute atomic E-state index is 0.0613. The van der Waals surface area contributed by atoms with Crippen molar-refractivity contribution in [2.45, 2.75) is 19.8 Å². The van der Waals surface area contributed by atoms with Gasteiger partial charge in [-0.2, -0.15) is 0 Å². The second-order valence-electron chi connectivity index (χ2n) is 2.48. The Labute approximate surface area is 75.4 Å². The highest BCUT2D eigenvalue weighted by Gasteiger charge is 2.09. The van der Waals surface area contributed by atoms with Crippen LogP contribution in [0.2, 0.25) is 0 Å². The summed E-state index contributed by atoms with van der Waals surface area (Å²) in [6.07, 6.45) is -0.397. The molecule has 0 saturated heterocycles. The third kappa shape index (κ3) is 5.60. The zero-order valence-corrected chi connectivity index (χ0v) is 7.29. The fourth-order valence-corrected chi connectivity index (χ4v) is 0.654. The van der Waals surface area contributed by atoms with Crippen molar-refractivity contribution in [1.29, 1.82) is 0 Å². The number of rotatable bonds is 5. The monoisotopic (exact) mass is 185 g/mol. The normalized spacial score (nSPS) is 9.00. The standard InChI is InChI=1S/C8H11NO4/c1-5(9-6(2)10)7(11)3-4-8(12)13/h1,3-4H2,2H3,(H,9,10)(H,12,13). The number of nitrogens with one attached hydrogen (secondary N) is 1. The number of allylic oxidation sites excluding steroid dienone is 1. The number of aliphatic carboxylic acids is 1. The molecule has 0 aliphatic heterocycles. The molecule has 0 radical (unpaired) electrons. The highest BCUT2D eigenvalue weighted by Crippen LogP contribution is 1.97. The second kappa shape index (κ2) is 5.08. The van der Waals surface area contributed by atoms with E-state index in [2.05, 4.69) is 11.9 Å². The van der Waals surface area contributed by atoms with E-state index in [1.54, 1.807) is 0 Å². The Bertz CT molecular complexity index is 257. The maximum atomic E-state index is 11.0. The molecule has 0 rings (SSSR count). The Hall–Kier alpha value is -1.65. The Balaban J connectivity index is 3.90. The molecule has 0 aromatic rings. The summed E-state index contributed by atoms with van der Waals surface area (Å²) in [7, 11) is 0. The van der Waals surface area contributed by atoms with E-state index in [-0.39, 0.29) is 18.5 Å². The van der Waals surface area contributed by atoms with Gasteiger partial charge in [0.25, 0.3) is 0 Å². The Morgan fingerprint density at radius 3 is 2.23 bits per heavy atom. The molecular weight excluding hydrogens is 174 g/mol. The number of hydrogen-bond acceptors (Lipinski definition) is 3. The number of hydrogen-bond donors (Lipinski definition) is 2. The Kier molecular flexibility index (Phi) is 4.43. The van der Waals surface area contributed by atoms with Gasteiger partial charge in [0.05, 0.1) is 12.1 Å². The first kappa shape index (κ1) is 11.4. The summed E-state index contributed by atoms with van der Waals surface area (Å²) in [5, 5.41) is 10.4. The van der Waals surface area contributed by atoms with Crippen molar-refractivity contribution in [1.82, 2.24) is 5.32 Å². The molecule has 0 aliphatic rings. The van der Waals surface area contributed by atoms with Gasteiger partial charge in [0.15, 0.2) is 5.78 Å². The van der Waals surface area contributed by atoms with E-state index >= 15 is 0 Å². The Morgan fingerprint density at radius 2 is 1.85 bits per heavy atom. The van der Waals surface area contributed by atoms with Crippen LogP contribution in [0.4, 0.5) is 0 Å². The van der Waals surface area contributed by atoms with E-state index in [1.165, 1.54) is 6.92 Å². The molecule has 0 fully saturated rings. The maximum Gasteiger partial charge on any atom is 0.303 e. The molecule has 0 heterocycles. The smallest absolute Gasteiger partial charge is 0.303 e. The molecule has 2 N–H and O–H groups in total. The zero-order chi connectivity index (χ0) is 10.4. The van der Waals surface area contributed by atoms with Gasteiger partial charge in [0.1, 0.15) is 0 Å². The number of ketones is 1. The Morgan fingerprint density at radius 1 is 1.31 bits per heavy atom. The minimum Gasteiger partial charge on any atom is -0.481 e. The molecule has 0 spiro atoms. The van der Waals surface area contributed by atoms with E-state index in [4.69, 9.17) is 5.11 Å². The van der Waals surface area contributed by atoms with Crippen molar-refractivity contribution in [3.05, 3.63) is 12.3 Å². The quantitative estimate of drug-likeness (QED) is 0.593. The lowest BCUT2D eigenvalue weighted by atomic mass is 10.2. The average Bonchev–Trinajstić information content (AvgIpc) is 1.98. The van der Waals surface area contributed by atoms with Crippen LogP contribution in [0, 0.1) is 0 Å². The summed E-state index contributed by atoms with van der Waals surface area (Å²) >= 11 is 0. The average molecular weight is 185 g/mol. The molecule has 1 amide bonds. The molecular formula is C8H11NO4. The lowest BCUT2D eigenvalue weighted by molar-refractivity contribution is -0.138. The minimum atomic E-state index is -1.05. The predicted octanol–water partition coefficient (Wildman–Crippen LogP) is 0.0701. The molecule has 0 aromatic carbocycles. The van der Waals surface area contributed by atoms with Gasteiger partial charge in [0.2, 0.25) is 5.91 Å². The summed E-state index contributed by atoms with van der Waals surface area (Å²) in [5.74, 6) is -1.91. The zero-order valence-electron chi connectivity index (χ0n) is 7.29. The first-order valence-corrected chi connectivity index (χ1v) is 3.65. The molecule has 0 bridgehead atoms. The predicted molar refractivity (Wildman–Crippen MR) is 44.8 cm³/mol. The summed E-state index contributed by atoms with van der Waals surface area (Å²) in [6.45, 7) is 4.54. The van der Waals surface area contributed by atoms with Gasteiger partial charge in [0, 0.05) is 13.3 Å². The van der Waals surface area contributed by atoms with Gasteiger partial charge in [-0.15, -0.1) is 0 Å². The van der Waals surface area contributed by atoms with Gasteiger partial charge in [-0.3, -0.25) is 14.4 Å². The number of amides is 1. The van der Waals surface area contributed by atoms with E-state index < -0.39 is 17.7 Å². The van der Waals surface area contributed by atoms with Crippen molar-refractivity contribution in [3.8, 4) is 0 Å². The summed E-state index contributed by atoms with van der Waals surface area (Å²) in [5.41, 5.74) is -0.0613. The summed E-state index contributed by atoms with van der Waals surface area (Å²) < 4.78 is 0. The van der Waals surface area contributed by atoms with Crippen LogP contribution in [-0.4, -0.2) is 22.8 Å². The van der Waals surface area contributed by atoms with Gasteiger partial charge in [-0.05, 0) is 0 Å². The van der Waals surface area contributed by atoms with Crippen molar-refractivity contribution < 1.29 is 19.5 Å². The van der Waals surface area contributed by atoms with Crippen molar-refractivity contribution in [2.24, 2.45) is 0 Å². The molecule has 5 nitrogen and oxygen atoms in total. The lowest BCUT2D eigenvalue weighted by Gasteiger charge is -2.02. The number of carboxylic acid groups (broad SMARTS) is 1. The maximum absolute atomic E-state index is 11.0. The number of carbonyl (C=O) groups excluding carboxylic acids is 2. The third-order valence-electron chi connectivity index (χ3n) is 1.23. The molecule has 5 heteroatoms. The van der Waals surface area contributed by atoms with Crippen LogP contribution in [0.15, 0.2) is 12.3 Å². The van der Waals surface area contributed by atoms with Gasteiger partial charge < -0.3 is 10.4 Å². The molecule has 13 heavy (non-hydrogen) atoms. The fourth-order valence-electron chi connectivity index (χ4n) is 0.654. The highest BCUT2D eigenvalue weighted by atomic mass is 16.4.